The molecule has 0 aliphatic rings. The minimum atomic E-state index is 1.02. The summed E-state index contributed by atoms with van der Waals surface area (Å²) < 4.78 is 1.98. The number of rotatable bonds is 1. The summed E-state index contributed by atoms with van der Waals surface area (Å²) >= 11 is 0. The predicted molar refractivity (Wildman–Crippen MR) is 48.5 cm³/mol. The second-order valence-corrected chi connectivity index (χ2v) is 2.53. The van der Waals surface area contributed by atoms with Gasteiger partial charge in [-0.05, 0) is 21.5 Å². The Hall–Kier alpha value is -1.08. The molecule has 1 atom stereocenters. The van der Waals surface area contributed by atoms with E-state index in [2.05, 4.69) is 19.5 Å². The summed E-state index contributed by atoms with van der Waals surface area (Å²) in [5.41, 5.74) is 1.09. The second-order valence-electron chi connectivity index (χ2n) is 2.24. The molecule has 0 radical (unpaired) electrons. The maximum atomic E-state index is 4.02. The minimum Gasteiger partial charge on any atom is -0.356 e. The number of hydrogen-bond donors (Lipinski definition) is 1. The molecule has 0 saturated carbocycles. The molecule has 1 unspecified atom stereocenters. The molecule has 1 N–H and O–H groups in total. The van der Waals surface area contributed by atoms with E-state index in [1.807, 2.05) is 28.8 Å². The van der Waals surface area contributed by atoms with Crippen molar-refractivity contribution in [1.82, 2.24) is 9.38 Å². The Bertz CT molecular complexity index is 368. The molecule has 2 rings (SSSR count). The van der Waals surface area contributed by atoms with E-state index < -0.39 is 0 Å². The monoisotopic (exact) mass is 165 g/mol. The quantitative estimate of drug-likeness (QED) is 0.649. The molecule has 11 heavy (non-hydrogen) atoms. The number of aromatic nitrogens is 2. The summed E-state index contributed by atoms with van der Waals surface area (Å²) in [6.07, 6.45) is 3.60. The molecule has 0 fully saturated rings. The lowest BCUT2D eigenvalue weighted by Crippen LogP contribution is -1.89. The van der Waals surface area contributed by atoms with Gasteiger partial charge in [0.2, 0.25) is 0 Å². The van der Waals surface area contributed by atoms with Crippen molar-refractivity contribution in [1.29, 1.82) is 0 Å². The molecule has 4 heteroatoms. The average molecular weight is 165 g/mol. The van der Waals surface area contributed by atoms with Crippen LogP contribution in [0.5, 0.6) is 0 Å². The largest absolute Gasteiger partial charge is 0.356 e. The highest BCUT2D eigenvalue weighted by Gasteiger charge is 1.95. The first kappa shape index (κ1) is 6.62. The van der Waals surface area contributed by atoms with Crippen LogP contribution in [-0.4, -0.2) is 9.38 Å². The Labute approximate surface area is 66.7 Å². The first-order valence-corrected chi connectivity index (χ1v) is 3.87. The zero-order valence-electron chi connectivity index (χ0n) is 5.86. The van der Waals surface area contributed by atoms with Crippen LogP contribution < -0.4 is 5.09 Å². The lowest BCUT2D eigenvalue weighted by molar-refractivity contribution is 1.17. The van der Waals surface area contributed by atoms with Crippen LogP contribution in [-0.2, 0) is 0 Å². The first-order chi connectivity index (χ1) is 5.42. The second kappa shape index (κ2) is 2.51. The Morgan fingerprint density at radius 2 is 2.36 bits per heavy atom. The van der Waals surface area contributed by atoms with Gasteiger partial charge < -0.3 is 5.09 Å². The third-order valence-corrected chi connectivity index (χ3v) is 1.89. The van der Waals surface area contributed by atoms with Crippen LogP contribution in [0.4, 0.5) is 5.82 Å². The van der Waals surface area contributed by atoms with Crippen LogP contribution in [0.25, 0.3) is 5.52 Å². The Kier molecular flexibility index (Phi) is 1.51. The van der Waals surface area contributed by atoms with E-state index in [9.17, 15) is 0 Å². The smallest absolute Gasteiger partial charge is 0.114 e. The van der Waals surface area contributed by atoms with Crippen molar-refractivity contribution in [2.24, 2.45) is 0 Å². The van der Waals surface area contributed by atoms with Gasteiger partial charge in [0, 0.05) is 0 Å². The zero-order valence-corrected chi connectivity index (χ0v) is 7.01. The molecule has 2 heterocycles. The standard InChI is InChI=1S/C7H8N3P/c11-9-7-3-1-2-6-4-8-5-10(6)7/h1-5,9H,11H2. The van der Waals surface area contributed by atoms with Gasteiger partial charge in [-0.15, -0.1) is 0 Å². The SMILES string of the molecule is PNc1cccc2cncn12. The normalized spacial score (nSPS) is 10.3. The van der Waals surface area contributed by atoms with Gasteiger partial charge in [-0.3, -0.25) is 4.40 Å². The van der Waals surface area contributed by atoms with Gasteiger partial charge in [-0.1, -0.05) is 6.07 Å². The Balaban J connectivity index is 2.79. The number of nitrogens with zero attached hydrogens (tertiary/aromatic N) is 2. The summed E-state index contributed by atoms with van der Waals surface area (Å²) in [5.74, 6) is 1.02. The van der Waals surface area contributed by atoms with Gasteiger partial charge in [0.15, 0.2) is 0 Å². The van der Waals surface area contributed by atoms with Crippen molar-refractivity contribution in [3.8, 4) is 0 Å². The highest BCUT2D eigenvalue weighted by atomic mass is 31.0. The molecule has 0 spiro atoms. The molecule has 56 valence electrons. The third-order valence-electron chi connectivity index (χ3n) is 1.60. The molecular weight excluding hydrogens is 157 g/mol. The van der Waals surface area contributed by atoms with Crippen molar-refractivity contribution in [3.05, 3.63) is 30.7 Å². The fraction of sp³-hybridized carbons (Fsp3) is 0. The zero-order chi connectivity index (χ0) is 7.68. The number of imidazole rings is 1. The highest BCUT2D eigenvalue weighted by molar-refractivity contribution is 7.18. The molecule has 0 aliphatic heterocycles. The highest BCUT2D eigenvalue weighted by Crippen LogP contribution is 2.12. The van der Waals surface area contributed by atoms with Gasteiger partial charge in [-0.2, -0.15) is 0 Å². The summed E-state index contributed by atoms with van der Waals surface area (Å²) in [6.45, 7) is 0. The molecular formula is C7H8N3P. The molecule has 0 bridgehead atoms. The van der Waals surface area contributed by atoms with Crippen LogP contribution in [0, 0.1) is 0 Å². The molecule has 0 aliphatic carbocycles. The van der Waals surface area contributed by atoms with Crippen LogP contribution in [0.2, 0.25) is 0 Å². The summed E-state index contributed by atoms with van der Waals surface area (Å²) in [7, 11) is 2.46. The van der Waals surface area contributed by atoms with E-state index in [0.717, 1.165) is 11.3 Å². The van der Waals surface area contributed by atoms with E-state index in [0.29, 0.717) is 0 Å². The molecule has 0 aromatic carbocycles. The number of nitrogens with one attached hydrogen (secondary N) is 1. The first-order valence-electron chi connectivity index (χ1n) is 3.29. The van der Waals surface area contributed by atoms with Crippen molar-refractivity contribution in [3.63, 3.8) is 0 Å². The van der Waals surface area contributed by atoms with Crippen LogP contribution in [0.15, 0.2) is 30.7 Å². The Morgan fingerprint density at radius 3 is 3.18 bits per heavy atom. The number of fused-ring (bicyclic) bond motifs is 1. The third kappa shape index (κ3) is 0.976. The lowest BCUT2D eigenvalue weighted by atomic mass is 10.4. The Morgan fingerprint density at radius 1 is 1.45 bits per heavy atom. The van der Waals surface area contributed by atoms with Crippen LogP contribution >= 0.6 is 9.39 Å². The maximum Gasteiger partial charge on any atom is 0.114 e. The molecule has 0 amide bonds. The van der Waals surface area contributed by atoms with Crippen molar-refractivity contribution in [2.45, 2.75) is 0 Å². The maximum absolute atomic E-state index is 4.02. The van der Waals surface area contributed by atoms with E-state index in [1.165, 1.54) is 0 Å². The van der Waals surface area contributed by atoms with E-state index in [1.54, 1.807) is 6.33 Å². The summed E-state index contributed by atoms with van der Waals surface area (Å²) in [4.78, 5) is 4.02. The fourth-order valence-electron chi connectivity index (χ4n) is 1.07. The van der Waals surface area contributed by atoms with E-state index in [-0.39, 0.29) is 0 Å². The molecule has 0 saturated heterocycles. The summed E-state index contributed by atoms with van der Waals surface area (Å²) in [6, 6.07) is 5.99. The van der Waals surface area contributed by atoms with E-state index >= 15 is 0 Å². The van der Waals surface area contributed by atoms with Crippen LogP contribution in [0.1, 0.15) is 0 Å². The predicted octanol–water partition coefficient (Wildman–Crippen LogP) is 1.54. The summed E-state index contributed by atoms with van der Waals surface area (Å²) in [5, 5.41) is 3.00. The number of anilines is 1. The topological polar surface area (TPSA) is 29.3 Å². The van der Waals surface area contributed by atoms with Crippen molar-refractivity contribution < 1.29 is 0 Å². The number of hydrogen-bond acceptors (Lipinski definition) is 2. The average Bonchev–Trinajstić information content (AvgIpc) is 2.50. The van der Waals surface area contributed by atoms with Crippen molar-refractivity contribution in [2.75, 3.05) is 5.09 Å². The van der Waals surface area contributed by atoms with Gasteiger partial charge in [0.05, 0.1) is 11.7 Å². The van der Waals surface area contributed by atoms with E-state index in [4.69, 9.17) is 0 Å². The molecule has 2 aromatic heterocycles. The molecule has 2 aromatic rings. The fourth-order valence-corrected chi connectivity index (χ4v) is 1.30. The van der Waals surface area contributed by atoms with Gasteiger partial charge in [0.1, 0.15) is 12.1 Å². The van der Waals surface area contributed by atoms with Crippen molar-refractivity contribution >= 4 is 20.7 Å². The molecule has 3 nitrogen and oxygen atoms in total. The lowest BCUT2D eigenvalue weighted by Gasteiger charge is -2.01. The van der Waals surface area contributed by atoms with Gasteiger partial charge in [-0.25, -0.2) is 4.98 Å². The minimum absolute atomic E-state index is 1.02. The van der Waals surface area contributed by atoms with Crippen LogP contribution in [0.3, 0.4) is 0 Å². The van der Waals surface area contributed by atoms with Gasteiger partial charge in [0.25, 0.3) is 0 Å². The number of pyridine rings is 1. The van der Waals surface area contributed by atoms with Gasteiger partial charge >= 0.3 is 0 Å².